The number of nitriles is 1. The quantitative estimate of drug-likeness (QED) is 0.810. The van der Waals surface area contributed by atoms with Crippen LogP contribution in [-0.2, 0) is 22.6 Å². The molecule has 0 aliphatic heterocycles. The minimum atomic E-state index is -0.974. The van der Waals surface area contributed by atoms with Gasteiger partial charge in [0.2, 0.25) is 0 Å². The molecule has 0 radical (unpaired) electrons. The Labute approximate surface area is 147 Å². The van der Waals surface area contributed by atoms with Gasteiger partial charge in [-0.2, -0.15) is 5.26 Å². The lowest BCUT2D eigenvalue weighted by atomic mass is 10.1. The molecule has 2 aromatic carbocycles. The van der Waals surface area contributed by atoms with Crippen molar-refractivity contribution in [2.75, 3.05) is 7.11 Å². The highest BCUT2D eigenvalue weighted by Crippen LogP contribution is 2.45. The minimum absolute atomic E-state index is 0.312. The van der Waals surface area contributed by atoms with E-state index in [1.165, 1.54) is 12.0 Å². The zero-order valence-electron chi connectivity index (χ0n) is 14.1. The normalized spacial score (nSPS) is 21.2. The smallest absolute Gasteiger partial charge is 0.411 e. The first kappa shape index (κ1) is 17.0. The highest BCUT2D eigenvalue weighted by atomic mass is 16.5. The zero-order chi connectivity index (χ0) is 17.7. The summed E-state index contributed by atoms with van der Waals surface area (Å²) in [4.78, 5) is 13.7. The van der Waals surface area contributed by atoms with Gasteiger partial charge < -0.3 is 9.47 Å². The van der Waals surface area contributed by atoms with Gasteiger partial charge in [0.1, 0.15) is 0 Å². The molecule has 0 bridgehead atoms. The lowest BCUT2D eigenvalue weighted by Gasteiger charge is -2.26. The number of rotatable bonds is 6. The highest BCUT2D eigenvalue weighted by Gasteiger charge is 2.62. The monoisotopic (exact) mass is 336 g/mol. The summed E-state index contributed by atoms with van der Waals surface area (Å²) in [7, 11) is 1.33. The van der Waals surface area contributed by atoms with E-state index in [-0.39, 0.29) is 6.10 Å². The molecule has 0 saturated heterocycles. The fraction of sp³-hybridized carbons (Fsp3) is 0.300. The van der Waals surface area contributed by atoms with Crippen molar-refractivity contribution >= 4 is 6.09 Å². The maximum atomic E-state index is 12.3. The number of hydrogen-bond donors (Lipinski definition) is 0. The molecule has 1 aliphatic carbocycles. The number of carbonyl (C=O) groups is 1. The van der Waals surface area contributed by atoms with Crippen LogP contribution in [0.5, 0.6) is 0 Å². The Morgan fingerprint density at radius 2 is 1.76 bits per heavy atom. The summed E-state index contributed by atoms with van der Waals surface area (Å²) in [6, 6.07) is 21.6. The fourth-order valence-corrected chi connectivity index (χ4v) is 2.90. The molecular weight excluding hydrogens is 316 g/mol. The first-order valence-electron chi connectivity index (χ1n) is 8.16. The number of carbonyl (C=O) groups excluding carboxylic acids is 1. The lowest BCUT2D eigenvalue weighted by Crippen LogP contribution is -2.43. The van der Waals surface area contributed by atoms with E-state index in [2.05, 4.69) is 6.07 Å². The molecule has 25 heavy (non-hydrogen) atoms. The van der Waals surface area contributed by atoms with E-state index < -0.39 is 11.6 Å². The molecule has 5 heteroatoms. The zero-order valence-corrected chi connectivity index (χ0v) is 14.1. The van der Waals surface area contributed by atoms with Gasteiger partial charge in [-0.1, -0.05) is 60.7 Å². The van der Waals surface area contributed by atoms with E-state index in [0.717, 1.165) is 11.1 Å². The second kappa shape index (κ2) is 7.37. The van der Waals surface area contributed by atoms with Crippen LogP contribution < -0.4 is 0 Å². The molecule has 2 atom stereocenters. The summed E-state index contributed by atoms with van der Waals surface area (Å²) in [6.07, 6.45) is -0.352. The second-order valence-corrected chi connectivity index (χ2v) is 6.07. The van der Waals surface area contributed by atoms with Gasteiger partial charge in [0, 0.05) is 6.42 Å². The predicted molar refractivity (Wildman–Crippen MR) is 92.4 cm³/mol. The Balaban J connectivity index is 1.72. The topological polar surface area (TPSA) is 62.6 Å². The minimum Gasteiger partial charge on any atom is -0.453 e. The van der Waals surface area contributed by atoms with Crippen LogP contribution in [0.4, 0.5) is 4.79 Å². The third-order valence-electron chi connectivity index (χ3n) is 4.42. The Morgan fingerprint density at radius 1 is 1.16 bits per heavy atom. The van der Waals surface area contributed by atoms with Crippen molar-refractivity contribution in [3.8, 4) is 6.07 Å². The summed E-state index contributed by atoms with van der Waals surface area (Å²) in [5.74, 6) is 0. The maximum Gasteiger partial charge on any atom is 0.411 e. The average molecular weight is 336 g/mol. The van der Waals surface area contributed by atoms with Crippen molar-refractivity contribution in [3.05, 3.63) is 71.8 Å². The van der Waals surface area contributed by atoms with Crippen LogP contribution in [0.2, 0.25) is 0 Å². The Kier molecular flexibility index (Phi) is 5.01. The standard InChI is InChI=1S/C20H20N2O3/c1-24-19(23)22(13-16-8-4-2-5-9-16)20(15-21)12-18(20)25-14-17-10-6-3-7-11-17/h2-11,18H,12-14H2,1H3/t18-,20-/m1/s1. The molecular formula is C20H20N2O3. The van der Waals surface area contributed by atoms with E-state index in [4.69, 9.17) is 9.47 Å². The third-order valence-corrected chi connectivity index (χ3v) is 4.42. The molecule has 1 aliphatic rings. The summed E-state index contributed by atoms with van der Waals surface area (Å²) < 4.78 is 10.8. The summed E-state index contributed by atoms with van der Waals surface area (Å²) in [6.45, 7) is 0.724. The number of hydrogen-bond acceptors (Lipinski definition) is 4. The van der Waals surface area contributed by atoms with Crippen LogP contribution >= 0.6 is 0 Å². The molecule has 1 saturated carbocycles. The Hall–Kier alpha value is -2.84. The van der Waals surface area contributed by atoms with Crippen LogP contribution in [0.3, 0.4) is 0 Å². The van der Waals surface area contributed by atoms with Crippen molar-refractivity contribution in [3.63, 3.8) is 0 Å². The molecule has 3 rings (SSSR count). The predicted octanol–water partition coefficient (Wildman–Crippen LogP) is 3.51. The van der Waals surface area contributed by atoms with E-state index in [9.17, 15) is 10.1 Å². The maximum absolute atomic E-state index is 12.3. The van der Waals surface area contributed by atoms with Crippen LogP contribution in [0, 0.1) is 11.3 Å². The van der Waals surface area contributed by atoms with Crippen LogP contribution in [-0.4, -0.2) is 29.7 Å². The van der Waals surface area contributed by atoms with Crippen molar-refractivity contribution in [2.24, 2.45) is 0 Å². The largest absolute Gasteiger partial charge is 0.453 e. The number of amides is 1. The molecule has 0 heterocycles. The Morgan fingerprint density at radius 3 is 2.32 bits per heavy atom. The third kappa shape index (κ3) is 3.65. The van der Waals surface area contributed by atoms with Gasteiger partial charge in [-0.05, 0) is 11.1 Å². The number of benzene rings is 2. The first-order chi connectivity index (χ1) is 12.2. The van der Waals surface area contributed by atoms with Gasteiger partial charge in [0.25, 0.3) is 0 Å². The van der Waals surface area contributed by atoms with Gasteiger partial charge in [-0.15, -0.1) is 0 Å². The SMILES string of the molecule is COC(=O)N(Cc1ccccc1)[C@@]1(C#N)C[C@H]1OCc1ccccc1. The number of nitrogens with zero attached hydrogens (tertiary/aromatic N) is 2. The van der Waals surface area contributed by atoms with Crippen molar-refractivity contribution in [2.45, 2.75) is 31.2 Å². The molecule has 2 aromatic rings. The fourth-order valence-electron chi connectivity index (χ4n) is 2.90. The van der Waals surface area contributed by atoms with Crippen LogP contribution in [0.25, 0.3) is 0 Å². The van der Waals surface area contributed by atoms with Crippen molar-refractivity contribution in [1.29, 1.82) is 5.26 Å². The highest BCUT2D eigenvalue weighted by molar-refractivity contribution is 5.70. The Bertz CT molecular complexity index is 758. The van der Waals surface area contributed by atoms with E-state index in [1.54, 1.807) is 0 Å². The lowest BCUT2D eigenvalue weighted by molar-refractivity contribution is 0.0540. The summed E-state index contributed by atoms with van der Waals surface area (Å²) in [5.41, 5.74) is 1.00. The van der Waals surface area contributed by atoms with E-state index >= 15 is 0 Å². The second-order valence-electron chi connectivity index (χ2n) is 6.07. The molecule has 128 valence electrons. The van der Waals surface area contributed by atoms with Crippen molar-refractivity contribution in [1.82, 2.24) is 4.90 Å². The van der Waals surface area contributed by atoms with Gasteiger partial charge in [-0.25, -0.2) is 4.79 Å². The number of ether oxygens (including phenoxy) is 2. The van der Waals surface area contributed by atoms with Gasteiger partial charge >= 0.3 is 6.09 Å². The summed E-state index contributed by atoms with van der Waals surface area (Å²) >= 11 is 0. The van der Waals surface area contributed by atoms with Crippen molar-refractivity contribution < 1.29 is 14.3 Å². The number of methoxy groups -OCH3 is 1. The molecule has 0 unspecified atom stereocenters. The molecule has 5 nitrogen and oxygen atoms in total. The molecule has 1 fully saturated rings. The molecule has 0 aromatic heterocycles. The molecule has 0 spiro atoms. The van der Waals surface area contributed by atoms with E-state index in [1.807, 2.05) is 60.7 Å². The molecule has 1 amide bonds. The van der Waals surface area contributed by atoms with Gasteiger partial charge in [0.15, 0.2) is 5.54 Å². The van der Waals surface area contributed by atoms with Gasteiger partial charge in [0.05, 0.1) is 32.4 Å². The first-order valence-corrected chi connectivity index (χ1v) is 8.16. The van der Waals surface area contributed by atoms with E-state index in [0.29, 0.717) is 19.6 Å². The summed E-state index contributed by atoms with van der Waals surface area (Å²) in [5, 5.41) is 9.74. The molecule has 0 N–H and O–H groups in total. The van der Waals surface area contributed by atoms with Gasteiger partial charge in [-0.3, -0.25) is 4.90 Å². The van der Waals surface area contributed by atoms with Crippen LogP contribution in [0.15, 0.2) is 60.7 Å². The van der Waals surface area contributed by atoms with Crippen LogP contribution in [0.1, 0.15) is 17.5 Å². The average Bonchev–Trinajstić information content (AvgIpc) is 3.40.